The van der Waals surface area contributed by atoms with Crippen LogP contribution in [0.2, 0.25) is 0 Å². The monoisotopic (exact) mass is 497 g/mol. The van der Waals surface area contributed by atoms with E-state index >= 15 is 4.39 Å². The summed E-state index contributed by atoms with van der Waals surface area (Å²) in [6.45, 7) is 1.95. The van der Waals surface area contributed by atoms with Crippen LogP contribution in [0, 0.1) is 5.82 Å². The zero-order valence-electron chi connectivity index (χ0n) is 18.5. The minimum atomic E-state index is -3.24. The smallest absolute Gasteiger partial charge is 0.387 e. The van der Waals surface area contributed by atoms with Crippen molar-refractivity contribution >= 4 is 26.8 Å². The molecule has 1 aromatic heterocycles. The molecule has 1 aliphatic heterocycles. The second-order valence-corrected chi connectivity index (χ2v) is 10.9. The average molecular weight is 497 g/mol. The van der Waals surface area contributed by atoms with Crippen LogP contribution in [-0.2, 0) is 9.84 Å². The topological polar surface area (TPSA) is 99.4 Å². The Labute approximate surface area is 192 Å². The number of carbonyl (C=O) groups is 1. The van der Waals surface area contributed by atoms with E-state index in [1.54, 1.807) is 20.8 Å². The molecule has 1 saturated heterocycles. The first-order valence-corrected chi connectivity index (χ1v) is 12.2. The number of imidazole rings is 1. The number of nitrogens with zero attached hydrogens (tertiary/aromatic N) is 2. The summed E-state index contributed by atoms with van der Waals surface area (Å²) in [4.78, 5) is 26.1. The van der Waals surface area contributed by atoms with Crippen LogP contribution >= 0.6 is 0 Å². The third-order valence-electron chi connectivity index (χ3n) is 5.52. The van der Waals surface area contributed by atoms with Crippen molar-refractivity contribution < 1.29 is 31.1 Å². The number of hydrogen-bond acceptors (Lipinski definition) is 5. The standard InChI is InChI=1S/C22H22F3N3O5S/c1-12(2)27-17-8-15(19(29)26-22(3)10-34(31,32)11-22)16(23)9-18(17)28(21(27)30)13-5-4-6-14(7-13)33-20(24)25/h4-9,12,20H,10-11H2,1-3H3,(H,26,29). The SMILES string of the molecule is CC(C)n1c(=O)n(-c2cccc(OC(F)F)c2)c2cc(F)c(C(=O)NC3(C)CS(=O)(=O)C3)cc21. The Morgan fingerprint density at radius 2 is 1.82 bits per heavy atom. The number of aromatic nitrogens is 2. The second-order valence-electron chi connectivity index (χ2n) is 8.83. The normalized spacial score (nSPS) is 16.6. The minimum Gasteiger partial charge on any atom is -0.435 e. The maximum Gasteiger partial charge on any atom is 0.387 e. The van der Waals surface area contributed by atoms with Crippen molar-refractivity contribution in [1.29, 1.82) is 0 Å². The summed E-state index contributed by atoms with van der Waals surface area (Å²) < 4.78 is 70.3. The van der Waals surface area contributed by atoms with Gasteiger partial charge in [-0.05, 0) is 39.0 Å². The first kappa shape index (κ1) is 23.9. The van der Waals surface area contributed by atoms with Gasteiger partial charge < -0.3 is 10.1 Å². The number of sulfone groups is 1. The maximum atomic E-state index is 15.1. The molecule has 1 N–H and O–H groups in total. The number of halogens is 3. The molecule has 3 aromatic rings. The molecule has 0 unspecified atom stereocenters. The molecule has 1 amide bonds. The molecule has 0 saturated carbocycles. The molecule has 1 aliphatic rings. The summed E-state index contributed by atoms with van der Waals surface area (Å²) in [6.07, 6.45) is 0. The van der Waals surface area contributed by atoms with Crippen LogP contribution in [0.15, 0.2) is 41.2 Å². The quantitative estimate of drug-likeness (QED) is 0.565. The highest BCUT2D eigenvalue weighted by molar-refractivity contribution is 7.93. The number of benzene rings is 2. The third-order valence-corrected chi connectivity index (χ3v) is 7.67. The van der Waals surface area contributed by atoms with E-state index in [-0.39, 0.29) is 45.6 Å². The fraction of sp³-hybridized carbons (Fsp3) is 0.364. The van der Waals surface area contributed by atoms with Crippen molar-refractivity contribution in [3.63, 3.8) is 0 Å². The molecule has 2 aromatic carbocycles. The Kier molecular flexibility index (Phi) is 5.75. The van der Waals surface area contributed by atoms with Gasteiger partial charge in [0.25, 0.3) is 5.91 Å². The van der Waals surface area contributed by atoms with Gasteiger partial charge in [-0.15, -0.1) is 0 Å². The van der Waals surface area contributed by atoms with Crippen LogP contribution in [0.5, 0.6) is 5.75 Å². The lowest BCUT2D eigenvalue weighted by molar-refractivity contribution is -0.0498. The Hall–Kier alpha value is -3.28. The van der Waals surface area contributed by atoms with Gasteiger partial charge in [0.1, 0.15) is 11.6 Å². The largest absolute Gasteiger partial charge is 0.435 e. The summed E-state index contributed by atoms with van der Waals surface area (Å²) in [6, 6.07) is 7.30. The molecule has 4 rings (SSSR count). The third kappa shape index (κ3) is 4.29. The highest BCUT2D eigenvalue weighted by Gasteiger charge is 2.46. The van der Waals surface area contributed by atoms with Crippen LogP contribution in [0.1, 0.15) is 37.2 Å². The summed E-state index contributed by atoms with van der Waals surface area (Å²) in [7, 11) is -3.24. The molecule has 2 heterocycles. The molecule has 34 heavy (non-hydrogen) atoms. The van der Waals surface area contributed by atoms with Crippen molar-refractivity contribution in [2.45, 2.75) is 39.0 Å². The van der Waals surface area contributed by atoms with E-state index < -0.39 is 39.4 Å². The number of carbonyl (C=O) groups excluding carboxylic acids is 1. The van der Waals surface area contributed by atoms with Crippen LogP contribution in [0.3, 0.4) is 0 Å². The van der Waals surface area contributed by atoms with E-state index in [9.17, 15) is 26.8 Å². The summed E-state index contributed by atoms with van der Waals surface area (Å²) >= 11 is 0. The highest BCUT2D eigenvalue weighted by Crippen LogP contribution is 2.28. The fourth-order valence-corrected chi connectivity index (χ4v) is 6.30. The lowest BCUT2D eigenvalue weighted by atomic mass is 10.1. The van der Waals surface area contributed by atoms with Crippen LogP contribution in [0.4, 0.5) is 13.2 Å². The first-order valence-electron chi connectivity index (χ1n) is 10.3. The Balaban J connectivity index is 1.83. The van der Waals surface area contributed by atoms with E-state index in [4.69, 9.17) is 0 Å². The molecule has 0 spiro atoms. The predicted molar refractivity (Wildman–Crippen MR) is 119 cm³/mol. The lowest BCUT2D eigenvalue weighted by Crippen LogP contribution is -2.63. The number of amides is 1. The summed E-state index contributed by atoms with van der Waals surface area (Å²) in [5.74, 6) is -2.41. The van der Waals surface area contributed by atoms with E-state index in [0.717, 1.165) is 10.6 Å². The van der Waals surface area contributed by atoms with Gasteiger partial charge in [0.05, 0.1) is 39.3 Å². The van der Waals surface area contributed by atoms with E-state index in [0.29, 0.717) is 0 Å². The highest BCUT2D eigenvalue weighted by atomic mass is 32.2. The van der Waals surface area contributed by atoms with E-state index in [1.165, 1.54) is 34.9 Å². The molecule has 12 heteroatoms. The predicted octanol–water partition coefficient (Wildman–Crippen LogP) is 3.03. The van der Waals surface area contributed by atoms with Crippen molar-refractivity contribution in [2.24, 2.45) is 0 Å². The minimum absolute atomic E-state index is 0.124. The Bertz CT molecular complexity index is 1450. The number of fused-ring (bicyclic) bond motifs is 1. The van der Waals surface area contributed by atoms with E-state index in [2.05, 4.69) is 10.1 Å². The molecular weight excluding hydrogens is 475 g/mol. The van der Waals surface area contributed by atoms with Crippen molar-refractivity contribution in [2.75, 3.05) is 11.5 Å². The van der Waals surface area contributed by atoms with Crippen LogP contribution < -0.4 is 15.7 Å². The first-order chi connectivity index (χ1) is 15.8. The van der Waals surface area contributed by atoms with Crippen molar-refractivity contribution in [1.82, 2.24) is 14.5 Å². The number of alkyl halides is 2. The molecule has 0 atom stereocenters. The number of rotatable bonds is 6. The maximum absolute atomic E-state index is 15.1. The number of ether oxygens (including phenoxy) is 1. The van der Waals surface area contributed by atoms with Gasteiger partial charge in [-0.1, -0.05) is 6.07 Å². The molecule has 1 fully saturated rings. The van der Waals surface area contributed by atoms with Gasteiger partial charge in [-0.2, -0.15) is 8.78 Å². The Morgan fingerprint density at radius 1 is 1.15 bits per heavy atom. The van der Waals surface area contributed by atoms with Crippen molar-refractivity contribution in [3.05, 3.63) is 58.3 Å². The zero-order valence-corrected chi connectivity index (χ0v) is 19.3. The molecule has 8 nitrogen and oxygen atoms in total. The Morgan fingerprint density at radius 3 is 2.41 bits per heavy atom. The van der Waals surface area contributed by atoms with Gasteiger partial charge in [-0.3, -0.25) is 13.9 Å². The second kappa shape index (κ2) is 8.19. The van der Waals surface area contributed by atoms with Crippen LogP contribution in [0.25, 0.3) is 16.7 Å². The molecular formula is C22H22F3N3O5S. The molecule has 0 radical (unpaired) electrons. The van der Waals surface area contributed by atoms with Gasteiger partial charge in [0, 0.05) is 18.2 Å². The molecule has 0 aliphatic carbocycles. The van der Waals surface area contributed by atoms with Crippen LogP contribution in [-0.4, -0.2) is 47.1 Å². The zero-order chi connectivity index (χ0) is 25.0. The van der Waals surface area contributed by atoms with Gasteiger partial charge >= 0.3 is 12.3 Å². The number of hydrogen-bond donors (Lipinski definition) is 1. The number of nitrogens with one attached hydrogen (secondary N) is 1. The average Bonchev–Trinajstić information content (AvgIpc) is 2.95. The summed E-state index contributed by atoms with van der Waals surface area (Å²) in [5.41, 5.74) is -1.37. The molecule has 182 valence electrons. The fourth-order valence-electron chi connectivity index (χ4n) is 4.30. The molecule has 0 bridgehead atoms. The van der Waals surface area contributed by atoms with Crippen molar-refractivity contribution in [3.8, 4) is 11.4 Å². The summed E-state index contributed by atoms with van der Waals surface area (Å²) in [5, 5.41) is 2.56. The van der Waals surface area contributed by atoms with E-state index in [1.807, 2.05) is 0 Å². The van der Waals surface area contributed by atoms with Gasteiger partial charge in [0.2, 0.25) is 0 Å². The van der Waals surface area contributed by atoms with Gasteiger partial charge in [0.15, 0.2) is 9.84 Å². The lowest BCUT2D eigenvalue weighted by Gasteiger charge is -2.38. The van der Waals surface area contributed by atoms with Gasteiger partial charge in [-0.25, -0.2) is 17.6 Å².